The van der Waals surface area contributed by atoms with Crippen LogP contribution in [0.5, 0.6) is 0 Å². The van der Waals surface area contributed by atoms with Crippen LogP contribution in [0.25, 0.3) is 0 Å². The summed E-state index contributed by atoms with van der Waals surface area (Å²) < 4.78 is 0. The van der Waals surface area contributed by atoms with Crippen molar-refractivity contribution in [3.8, 4) is 0 Å². The van der Waals surface area contributed by atoms with Crippen molar-refractivity contribution in [2.75, 3.05) is 0 Å². The first-order valence-electron chi connectivity index (χ1n) is 11.0. The first-order chi connectivity index (χ1) is 11.9. The number of benzene rings is 1. The van der Waals surface area contributed by atoms with Crippen molar-refractivity contribution in [2.45, 2.75) is 116 Å². The van der Waals surface area contributed by atoms with E-state index in [1.54, 1.807) is 0 Å². The Morgan fingerprint density at radius 3 is 1.24 bits per heavy atom. The molecule has 0 atom stereocenters. The van der Waals surface area contributed by atoms with Gasteiger partial charge >= 0.3 is 29.6 Å². The molecule has 0 saturated heterocycles. The average molecular weight is 355 g/mol. The van der Waals surface area contributed by atoms with Crippen LogP contribution in [-0.2, 0) is 6.42 Å². The molecule has 0 nitrogen and oxygen atoms in total. The Hall–Kier alpha value is 0.220. The van der Waals surface area contributed by atoms with Crippen LogP contribution in [0.1, 0.15) is 115 Å². The molecule has 140 valence electrons. The van der Waals surface area contributed by atoms with Gasteiger partial charge < -0.3 is 0 Å². The molecule has 1 aromatic carbocycles. The molecular formula is C24H43Na. The van der Waals surface area contributed by atoms with Gasteiger partial charge in [-0.1, -0.05) is 134 Å². The van der Waals surface area contributed by atoms with Crippen LogP contribution in [0.15, 0.2) is 30.3 Å². The number of unbranched alkanes of at least 4 members (excludes halogenated alkanes) is 15. The number of rotatable bonds is 17. The van der Waals surface area contributed by atoms with E-state index in [1.807, 2.05) is 0 Å². The van der Waals surface area contributed by atoms with Gasteiger partial charge in [0, 0.05) is 0 Å². The first kappa shape index (κ1) is 25.2. The fourth-order valence-electron chi connectivity index (χ4n) is 3.52. The topological polar surface area (TPSA) is 0 Å². The van der Waals surface area contributed by atoms with Crippen LogP contribution in [-0.4, -0.2) is 29.6 Å². The predicted octanol–water partition coefficient (Wildman–Crippen LogP) is 7.84. The minimum absolute atomic E-state index is 0. The first-order valence-corrected chi connectivity index (χ1v) is 11.0. The summed E-state index contributed by atoms with van der Waals surface area (Å²) in [6, 6.07) is 10.9. The van der Waals surface area contributed by atoms with Gasteiger partial charge in [-0.3, -0.25) is 0 Å². The summed E-state index contributed by atoms with van der Waals surface area (Å²) in [6.07, 6.45) is 24.4. The monoisotopic (exact) mass is 354 g/mol. The average Bonchev–Trinajstić information content (AvgIpc) is 2.62. The summed E-state index contributed by atoms with van der Waals surface area (Å²) in [6.45, 7) is 2.30. The Balaban J connectivity index is 0.00000576. The second-order valence-corrected chi connectivity index (χ2v) is 7.54. The second kappa shape index (κ2) is 20.5. The van der Waals surface area contributed by atoms with Gasteiger partial charge in [-0.2, -0.15) is 0 Å². The van der Waals surface area contributed by atoms with Crippen LogP contribution >= 0.6 is 0 Å². The molecule has 25 heavy (non-hydrogen) atoms. The number of hydrogen-bond donors (Lipinski definition) is 0. The second-order valence-electron chi connectivity index (χ2n) is 7.54. The molecule has 0 N–H and O–H groups in total. The van der Waals surface area contributed by atoms with E-state index in [-0.39, 0.29) is 29.6 Å². The maximum absolute atomic E-state index is 2.30. The van der Waals surface area contributed by atoms with E-state index in [2.05, 4.69) is 37.3 Å². The zero-order chi connectivity index (χ0) is 17.1. The van der Waals surface area contributed by atoms with Crippen molar-refractivity contribution in [2.24, 2.45) is 0 Å². The molecule has 0 unspecified atom stereocenters. The molecule has 0 radical (unpaired) electrons. The summed E-state index contributed by atoms with van der Waals surface area (Å²) in [7, 11) is 0. The fraction of sp³-hybridized carbons (Fsp3) is 0.750. The molecular weight excluding hydrogens is 311 g/mol. The van der Waals surface area contributed by atoms with Crippen LogP contribution in [0.3, 0.4) is 0 Å². The summed E-state index contributed by atoms with van der Waals surface area (Å²) >= 11 is 0. The Morgan fingerprint density at radius 2 is 0.840 bits per heavy atom. The zero-order valence-electron chi connectivity index (χ0n) is 16.4. The van der Waals surface area contributed by atoms with Gasteiger partial charge in [0.2, 0.25) is 0 Å². The van der Waals surface area contributed by atoms with E-state index in [0.29, 0.717) is 0 Å². The third kappa shape index (κ3) is 17.4. The van der Waals surface area contributed by atoms with E-state index < -0.39 is 0 Å². The van der Waals surface area contributed by atoms with E-state index in [4.69, 9.17) is 0 Å². The molecule has 1 heteroatoms. The van der Waals surface area contributed by atoms with E-state index in [0.717, 1.165) is 0 Å². The molecule has 0 fully saturated rings. The minimum atomic E-state index is 0. The number of aryl methyl sites for hydroxylation is 1. The molecule has 0 saturated carbocycles. The van der Waals surface area contributed by atoms with E-state index in [9.17, 15) is 0 Å². The molecule has 1 rings (SSSR count). The third-order valence-corrected chi connectivity index (χ3v) is 5.16. The quantitative estimate of drug-likeness (QED) is 0.197. The summed E-state index contributed by atoms with van der Waals surface area (Å²) in [5.41, 5.74) is 1.50. The van der Waals surface area contributed by atoms with Crippen molar-refractivity contribution in [3.05, 3.63) is 35.9 Å². The zero-order valence-corrected chi connectivity index (χ0v) is 16.4. The van der Waals surface area contributed by atoms with Crippen LogP contribution < -0.4 is 0 Å². The van der Waals surface area contributed by atoms with Crippen LogP contribution in [0.4, 0.5) is 0 Å². The van der Waals surface area contributed by atoms with Gasteiger partial charge in [0.05, 0.1) is 0 Å². The van der Waals surface area contributed by atoms with Crippen molar-refractivity contribution < 1.29 is 0 Å². The maximum atomic E-state index is 2.30. The third-order valence-electron chi connectivity index (χ3n) is 5.16. The Kier molecular flexibility index (Phi) is 20.7. The van der Waals surface area contributed by atoms with Gasteiger partial charge in [-0.05, 0) is 18.4 Å². The molecule has 0 amide bonds. The molecule has 1 aromatic rings. The summed E-state index contributed by atoms with van der Waals surface area (Å²) in [4.78, 5) is 0. The van der Waals surface area contributed by atoms with E-state index >= 15 is 0 Å². The van der Waals surface area contributed by atoms with Gasteiger partial charge in [0.1, 0.15) is 0 Å². The molecule has 0 aliphatic carbocycles. The van der Waals surface area contributed by atoms with Gasteiger partial charge in [0.15, 0.2) is 0 Å². The van der Waals surface area contributed by atoms with Crippen molar-refractivity contribution >= 4 is 29.6 Å². The number of hydrogen-bond acceptors (Lipinski definition) is 0. The molecule has 0 aliphatic heterocycles. The Labute approximate surface area is 180 Å². The van der Waals surface area contributed by atoms with Crippen molar-refractivity contribution in [1.29, 1.82) is 0 Å². The molecule has 0 spiro atoms. The SMILES string of the molecule is CCCCCCCCCCCCCCCCCCc1ccccc1.[NaH]. The van der Waals surface area contributed by atoms with Crippen molar-refractivity contribution in [1.82, 2.24) is 0 Å². The van der Waals surface area contributed by atoms with Crippen LogP contribution in [0, 0.1) is 0 Å². The van der Waals surface area contributed by atoms with Gasteiger partial charge in [-0.15, -0.1) is 0 Å². The standard InChI is InChI=1S/C24H42.Na.H/c1-2-3-4-5-6-7-8-9-10-11-12-13-14-15-16-18-21-24-22-19-17-20-23-24;;/h17,19-20,22-23H,2-16,18,21H2,1H3;;. The molecule has 0 bridgehead atoms. The molecule has 0 heterocycles. The normalized spacial score (nSPS) is 10.6. The summed E-state index contributed by atoms with van der Waals surface area (Å²) in [5.74, 6) is 0. The summed E-state index contributed by atoms with van der Waals surface area (Å²) in [5, 5.41) is 0. The van der Waals surface area contributed by atoms with E-state index in [1.165, 1.54) is 115 Å². The van der Waals surface area contributed by atoms with Gasteiger partial charge in [-0.25, -0.2) is 0 Å². The Bertz CT molecular complexity index is 346. The van der Waals surface area contributed by atoms with Crippen LogP contribution in [0.2, 0.25) is 0 Å². The molecule has 0 aromatic heterocycles. The van der Waals surface area contributed by atoms with Gasteiger partial charge in [0.25, 0.3) is 0 Å². The predicted molar refractivity (Wildman–Crippen MR) is 117 cm³/mol. The Morgan fingerprint density at radius 1 is 0.480 bits per heavy atom. The van der Waals surface area contributed by atoms with Crippen molar-refractivity contribution in [3.63, 3.8) is 0 Å². The fourth-order valence-corrected chi connectivity index (χ4v) is 3.52. The molecule has 0 aliphatic rings.